The van der Waals surface area contributed by atoms with Crippen LogP contribution in [0.15, 0.2) is 40.9 Å². The zero-order valence-electron chi connectivity index (χ0n) is 18.2. The molecular formula is C22H24BrN5O3S. The highest BCUT2D eigenvalue weighted by molar-refractivity contribution is 9.10. The van der Waals surface area contributed by atoms with Gasteiger partial charge in [-0.05, 0) is 57.2 Å². The minimum atomic E-state index is -0.534. The van der Waals surface area contributed by atoms with Gasteiger partial charge in [0.25, 0.3) is 0 Å². The lowest BCUT2D eigenvalue weighted by molar-refractivity contribution is 0.0530. The zero-order valence-corrected chi connectivity index (χ0v) is 20.6. The Morgan fingerprint density at radius 2 is 1.94 bits per heavy atom. The van der Waals surface area contributed by atoms with Crippen molar-refractivity contribution in [1.82, 2.24) is 20.1 Å². The highest BCUT2D eigenvalue weighted by Gasteiger charge is 2.18. The summed E-state index contributed by atoms with van der Waals surface area (Å²) in [6, 6.07) is 11.7. The maximum absolute atomic E-state index is 11.9. The van der Waals surface area contributed by atoms with Crippen LogP contribution in [0.4, 0.5) is 10.6 Å². The Labute approximate surface area is 198 Å². The maximum atomic E-state index is 11.9. The molecule has 10 heteroatoms. The van der Waals surface area contributed by atoms with Crippen LogP contribution in [0.2, 0.25) is 0 Å². The summed E-state index contributed by atoms with van der Waals surface area (Å²) < 4.78 is 14.4. The molecule has 2 aromatic heterocycles. The van der Waals surface area contributed by atoms with E-state index in [0.717, 1.165) is 42.3 Å². The van der Waals surface area contributed by atoms with Crippen LogP contribution in [-0.4, -0.2) is 46.7 Å². The SMILES string of the molecule is COc1ccc2nc(-n3nc4ccc(Br)cc4c3NCCNC(=O)OC(C)(C)C)sc2c1. The van der Waals surface area contributed by atoms with Crippen molar-refractivity contribution in [3.05, 3.63) is 40.9 Å². The van der Waals surface area contributed by atoms with Crippen LogP contribution in [0.3, 0.4) is 0 Å². The number of aromatic nitrogens is 3. The van der Waals surface area contributed by atoms with Gasteiger partial charge in [0.05, 0.1) is 22.8 Å². The molecule has 0 spiro atoms. The molecule has 4 aromatic rings. The van der Waals surface area contributed by atoms with E-state index < -0.39 is 11.7 Å². The van der Waals surface area contributed by atoms with Crippen LogP contribution < -0.4 is 15.4 Å². The average molecular weight is 518 g/mol. The molecule has 0 radical (unpaired) electrons. The number of ether oxygens (including phenoxy) is 2. The van der Waals surface area contributed by atoms with Crippen LogP contribution >= 0.6 is 27.3 Å². The molecular weight excluding hydrogens is 494 g/mol. The first-order valence-corrected chi connectivity index (χ1v) is 11.7. The van der Waals surface area contributed by atoms with E-state index in [0.29, 0.717) is 13.1 Å². The van der Waals surface area contributed by atoms with Gasteiger partial charge in [-0.1, -0.05) is 27.3 Å². The number of methoxy groups -OCH3 is 1. The summed E-state index contributed by atoms with van der Waals surface area (Å²) in [5.74, 6) is 1.59. The van der Waals surface area contributed by atoms with E-state index >= 15 is 0 Å². The molecule has 8 nitrogen and oxygen atoms in total. The van der Waals surface area contributed by atoms with Gasteiger partial charge in [-0.2, -0.15) is 9.78 Å². The molecule has 168 valence electrons. The molecule has 0 bridgehead atoms. The Morgan fingerprint density at radius 3 is 2.69 bits per heavy atom. The number of hydrogen-bond donors (Lipinski definition) is 2. The van der Waals surface area contributed by atoms with Crippen LogP contribution in [-0.2, 0) is 4.74 Å². The number of fused-ring (bicyclic) bond motifs is 2. The third-order valence-corrected chi connectivity index (χ3v) is 5.97. The lowest BCUT2D eigenvalue weighted by Gasteiger charge is -2.19. The van der Waals surface area contributed by atoms with Gasteiger partial charge >= 0.3 is 6.09 Å². The van der Waals surface area contributed by atoms with Crippen molar-refractivity contribution in [1.29, 1.82) is 0 Å². The predicted octanol–water partition coefficient (Wildman–Crippen LogP) is 5.34. The zero-order chi connectivity index (χ0) is 22.9. The number of amides is 1. The molecule has 0 aliphatic heterocycles. The molecule has 2 heterocycles. The fraction of sp³-hybridized carbons (Fsp3) is 0.318. The quantitative estimate of drug-likeness (QED) is 0.335. The van der Waals surface area contributed by atoms with Crippen molar-refractivity contribution < 1.29 is 14.3 Å². The number of carbonyl (C=O) groups is 1. The number of rotatable bonds is 6. The first kappa shape index (κ1) is 22.3. The van der Waals surface area contributed by atoms with Gasteiger partial charge in [0.2, 0.25) is 5.13 Å². The molecule has 0 aliphatic rings. The van der Waals surface area contributed by atoms with Crippen LogP contribution in [0.5, 0.6) is 5.75 Å². The van der Waals surface area contributed by atoms with E-state index in [2.05, 4.69) is 26.6 Å². The highest BCUT2D eigenvalue weighted by atomic mass is 79.9. The Morgan fingerprint density at radius 1 is 1.16 bits per heavy atom. The molecule has 0 unspecified atom stereocenters. The smallest absolute Gasteiger partial charge is 0.407 e. The van der Waals surface area contributed by atoms with Crippen molar-refractivity contribution in [2.24, 2.45) is 0 Å². The maximum Gasteiger partial charge on any atom is 0.407 e. The van der Waals surface area contributed by atoms with Gasteiger partial charge in [-0.25, -0.2) is 9.78 Å². The van der Waals surface area contributed by atoms with Gasteiger partial charge in [-0.15, -0.1) is 0 Å². The van der Waals surface area contributed by atoms with Gasteiger partial charge in [0, 0.05) is 22.9 Å². The molecule has 0 saturated heterocycles. The summed E-state index contributed by atoms with van der Waals surface area (Å²) in [4.78, 5) is 16.7. The fourth-order valence-corrected chi connectivity index (χ4v) is 4.45. The highest BCUT2D eigenvalue weighted by Crippen LogP contribution is 2.33. The molecule has 0 fully saturated rings. The molecule has 32 heavy (non-hydrogen) atoms. The number of alkyl carbamates (subject to hydrolysis) is 1. The van der Waals surface area contributed by atoms with Gasteiger partial charge < -0.3 is 20.1 Å². The largest absolute Gasteiger partial charge is 0.497 e. The van der Waals surface area contributed by atoms with Crippen molar-refractivity contribution in [3.8, 4) is 10.9 Å². The van der Waals surface area contributed by atoms with Gasteiger partial charge in [0.15, 0.2) is 0 Å². The van der Waals surface area contributed by atoms with Crippen molar-refractivity contribution in [2.45, 2.75) is 26.4 Å². The number of thiazole rings is 1. The Kier molecular flexibility index (Phi) is 6.25. The topological polar surface area (TPSA) is 90.3 Å². The normalized spacial score (nSPS) is 11.7. The number of carbonyl (C=O) groups excluding carboxylic acids is 1. The van der Waals surface area contributed by atoms with Crippen LogP contribution in [0.1, 0.15) is 20.8 Å². The summed E-state index contributed by atoms with van der Waals surface area (Å²) in [7, 11) is 1.65. The monoisotopic (exact) mass is 517 g/mol. The minimum absolute atomic E-state index is 0.395. The lowest BCUT2D eigenvalue weighted by Crippen LogP contribution is -2.35. The molecule has 4 rings (SSSR count). The number of benzene rings is 2. The first-order chi connectivity index (χ1) is 15.2. The summed E-state index contributed by atoms with van der Waals surface area (Å²) in [5, 5.41) is 12.6. The van der Waals surface area contributed by atoms with E-state index in [9.17, 15) is 4.79 Å². The van der Waals surface area contributed by atoms with E-state index in [1.54, 1.807) is 7.11 Å². The Hall–Kier alpha value is -2.85. The first-order valence-electron chi connectivity index (χ1n) is 10.1. The molecule has 1 amide bonds. The Bertz CT molecular complexity index is 1280. The standard InChI is InChI=1S/C22H24BrN5O3S/c1-22(2,3)31-21(29)25-10-9-24-19-15-11-13(23)5-7-16(15)27-28(19)20-26-17-8-6-14(30-4)12-18(17)32-20/h5-8,11-12,24H,9-10H2,1-4H3,(H,25,29). The summed E-state index contributed by atoms with van der Waals surface area (Å²) >= 11 is 5.07. The third-order valence-electron chi connectivity index (χ3n) is 4.48. The second-order valence-corrected chi connectivity index (χ2v) is 10.0. The fourth-order valence-electron chi connectivity index (χ4n) is 3.14. The van der Waals surface area contributed by atoms with E-state index in [1.165, 1.54) is 11.3 Å². The number of nitrogens with zero attached hydrogens (tertiary/aromatic N) is 3. The van der Waals surface area contributed by atoms with Crippen molar-refractivity contribution in [3.63, 3.8) is 0 Å². The number of anilines is 1. The molecule has 2 N–H and O–H groups in total. The van der Waals surface area contributed by atoms with E-state index in [-0.39, 0.29) is 0 Å². The minimum Gasteiger partial charge on any atom is -0.497 e. The molecule has 0 aliphatic carbocycles. The van der Waals surface area contributed by atoms with Gasteiger partial charge in [-0.3, -0.25) is 0 Å². The molecule has 0 saturated carbocycles. The second kappa shape index (κ2) is 8.95. The Balaban J connectivity index is 1.61. The second-order valence-electron chi connectivity index (χ2n) is 8.11. The number of nitrogens with one attached hydrogen (secondary N) is 2. The molecule has 0 atom stereocenters. The van der Waals surface area contributed by atoms with Crippen molar-refractivity contribution >= 4 is 60.3 Å². The average Bonchev–Trinajstić information content (AvgIpc) is 3.30. The van der Waals surface area contributed by atoms with E-state index in [4.69, 9.17) is 19.6 Å². The van der Waals surface area contributed by atoms with Crippen LogP contribution in [0, 0.1) is 0 Å². The summed E-state index contributed by atoms with van der Waals surface area (Å²) in [5.41, 5.74) is 1.19. The number of halogens is 1. The number of hydrogen-bond acceptors (Lipinski definition) is 7. The van der Waals surface area contributed by atoms with Crippen LogP contribution in [0.25, 0.3) is 26.3 Å². The lowest BCUT2D eigenvalue weighted by atomic mass is 10.2. The summed E-state index contributed by atoms with van der Waals surface area (Å²) in [6.45, 7) is 6.39. The third kappa shape index (κ3) is 4.97. The summed E-state index contributed by atoms with van der Waals surface area (Å²) in [6.07, 6.45) is -0.444. The van der Waals surface area contributed by atoms with Crippen molar-refractivity contribution in [2.75, 3.05) is 25.5 Å². The van der Waals surface area contributed by atoms with E-state index in [1.807, 2.05) is 61.9 Å². The predicted molar refractivity (Wildman–Crippen MR) is 131 cm³/mol. The van der Waals surface area contributed by atoms with Gasteiger partial charge in [0.1, 0.15) is 17.2 Å². The molecule has 2 aromatic carbocycles.